The molecule has 3 rings (SSSR count). The molecule has 7 heteroatoms. The van der Waals surface area contributed by atoms with Crippen molar-refractivity contribution in [2.75, 3.05) is 25.0 Å². The zero-order chi connectivity index (χ0) is 20.1. The normalized spacial score (nSPS) is 19.0. The van der Waals surface area contributed by atoms with E-state index < -0.39 is 0 Å². The van der Waals surface area contributed by atoms with Gasteiger partial charge in [-0.25, -0.2) is 9.97 Å². The third-order valence-electron chi connectivity index (χ3n) is 6.07. The van der Waals surface area contributed by atoms with Gasteiger partial charge in [0.05, 0.1) is 6.04 Å². The molecule has 1 N–H and O–H groups in total. The molecular formula is C21H33N5O2. The first-order valence-electron chi connectivity index (χ1n) is 10.6. The first-order chi connectivity index (χ1) is 13.5. The third kappa shape index (κ3) is 5.00. The number of rotatable bonds is 7. The number of nitrogens with zero attached hydrogens (tertiary/aromatic N) is 4. The van der Waals surface area contributed by atoms with E-state index in [-0.39, 0.29) is 17.9 Å². The van der Waals surface area contributed by atoms with E-state index in [1.807, 2.05) is 20.0 Å². The minimum atomic E-state index is -0.157. The Kier molecular flexibility index (Phi) is 6.86. The molecule has 2 heterocycles. The molecule has 0 aromatic carbocycles. The quantitative estimate of drug-likeness (QED) is 0.778. The number of hydrogen-bond donors (Lipinski definition) is 1. The number of carbonyl (C=O) groups is 2. The van der Waals surface area contributed by atoms with Gasteiger partial charge in [-0.05, 0) is 33.1 Å². The molecule has 1 unspecified atom stereocenters. The van der Waals surface area contributed by atoms with Crippen LogP contribution < -0.4 is 10.2 Å². The van der Waals surface area contributed by atoms with E-state index in [0.29, 0.717) is 25.4 Å². The van der Waals surface area contributed by atoms with Crippen LogP contribution in [-0.2, 0) is 9.59 Å². The Bertz CT molecular complexity index is 702. The van der Waals surface area contributed by atoms with E-state index in [4.69, 9.17) is 4.98 Å². The molecule has 2 amide bonds. The third-order valence-corrected chi connectivity index (χ3v) is 6.07. The molecule has 1 aromatic rings. The standard InChI is InChI=1S/C21H33N5O2/c1-15(23-19(27)11-13-26-12-7-10-20(26)28)18-14-22-21(24-16(18)2)25(3)17-8-5-4-6-9-17/h14-15,17H,4-13H2,1-3H3,(H,23,27). The number of nitrogens with one attached hydrogen (secondary N) is 1. The van der Waals surface area contributed by atoms with Crippen LogP contribution in [0.25, 0.3) is 0 Å². The molecule has 1 aliphatic heterocycles. The zero-order valence-electron chi connectivity index (χ0n) is 17.4. The molecule has 7 nitrogen and oxygen atoms in total. The summed E-state index contributed by atoms with van der Waals surface area (Å²) < 4.78 is 0. The highest BCUT2D eigenvalue weighted by molar-refractivity contribution is 5.80. The van der Waals surface area contributed by atoms with Crippen molar-refractivity contribution in [2.45, 2.75) is 77.3 Å². The van der Waals surface area contributed by atoms with Gasteiger partial charge in [0.1, 0.15) is 0 Å². The maximum atomic E-state index is 12.3. The zero-order valence-corrected chi connectivity index (χ0v) is 17.4. The van der Waals surface area contributed by atoms with Crippen LogP contribution in [0.3, 0.4) is 0 Å². The second-order valence-corrected chi connectivity index (χ2v) is 8.14. The van der Waals surface area contributed by atoms with Crippen molar-refractivity contribution >= 4 is 17.8 Å². The number of amides is 2. The van der Waals surface area contributed by atoms with Crippen molar-refractivity contribution in [3.63, 3.8) is 0 Å². The largest absolute Gasteiger partial charge is 0.349 e. The average molecular weight is 388 g/mol. The minimum absolute atomic E-state index is 0.0463. The highest BCUT2D eigenvalue weighted by atomic mass is 16.2. The fourth-order valence-corrected chi connectivity index (χ4v) is 4.26. The van der Waals surface area contributed by atoms with E-state index >= 15 is 0 Å². The van der Waals surface area contributed by atoms with Crippen molar-refractivity contribution in [3.05, 3.63) is 17.5 Å². The molecule has 1 saturated carbocycles. The van der Waals surface area contributed by atoms with Gasteiger partial charge in [0.25, 0.3) is 0 Å². The first-order valence-corrected chi connectivity index (χ1v) is 10.6. The van der Waals surface area contributed by atoms with Crippen molar-refractivity contribution in [1.29, 1.82) is 0 Å². The summed E-state index contributed by atoms with van der Waals surface area (Å²) in [5.41, 5.74) is 1.83. The van der Waals surface area contributed by atoms with Gasteiger partial charge < -0.3 is 15.1 Å². The van der Waals surface area contributed by atoms with Gasteiger partial charge >= 0.3 is 0 Å². The lowest BCUT2D eigenvalue weighted by molar-refractivity contribution is -0.128. The number of likely N-dealkylation sites (tertiary alicyclic amines) is 1. The van der Waals surface area contributed by atoms with Crippen LogP contribution in [-0.4, -0.2) is 52.9 Å². The Morgan fingerprint density at radius 3 is 2.71 bits per heavy atom. The van der Waals surface area contributed by atoms with E-state index in [1.54, 1.807) is 4.90 Å². The summed E-state index contributed by atoms with van der Waals surface area (Å²) in [5.74, 6) is 0.872. The second-order valence-electron chi connectivity index (χ2n) is 8.14. The Labute approximate surface area is 167 Å². The van der Waals surface area contributed by atoms with Crippen LogP contribution in [0.2, 0.25) is 0 Å². The summed E-state index contributed by atoms with van der Waals surface area (Å²) in [6, 6.07) is 0.361. The monoisotopic (exact) mass is 387 g/mol. The van der Waals surface area contributed by atoms with E-state index in [1.165, 1.54) is 32.1 Å². The first kappa shape index (κ1) is 20.6. The summed E-state index contributed by atoms with van der Waals surface area (Å²) in [7, 11) is 2.08. The Hall–Kier alpha value is -2.18. The van der Waals surface area contributed by atoms with Gasteiger partial charge in [-0.15, -0.1) is 0 Å². The van der Waals surface area contributed by atoms with Crippen molar-refractivity contribution in [1.82, 2.24) is 20.2 Å². The lowest BCUT2D eigenvalue weighted by Gasteiger charge is -2.31. The summed E-state index contributed by atoms with van der Waals surface area (Å²) in [5, 5.41) is 3.02. The molecule has 2 fully saturated rings. The molecule has 154 valence electrons. The summed E-state index contributed by atoms with van der Waals surface area (Å²) in [6.45, 7) is 5.19. The maximum Gasteiger partial charge on any atom is 0.225 e. The van der Waals surface area contributed by atoms with Gasteiger partial charge in [0, 0.05) is 56.5 Å². The number of hydrogen-bond acceptors (Lipinski definition) is 5. The molecule has 1 aromatic heterocycles. The van der Waals surface area contributed by atoms with Gasteiger partial charge in [0.15, 0.2) is 0 Å². The summed E-state index contributed by atoms with van der Waals surface area (Å²) in [4.78, 5) is 37.2. The highest BCUT2D eigenvalue weighted by Gasteiger charge is 2.23. The van der Waals surface area contributed by atoms with Crippen LogP contribution in [0.4, 0.5) is 5.95 Å². The second kappa shape index (κ2) is 9.34. The summed E-state index contributed by atoms with van der Waals surface area (Å²) >= 11 is 0. The Morgan fingerprint density at radius 2 is 2.07 bits per heavy atom. The lowest BCUT2D eigenvalue weighted by Crippen LogP contribution is -2.35. The van der Waals surface area contributed by atoms with Gasteiger partial charge in [-0.1, -0.05) is 19.3 Å². The van der Waals surface area contributed by atoms with Crippen molar-refractivity contribution < 1.29 is 9.59 Å². The minimum Gasteiger partial charge on any atom is -0.349 e. The fraction of sp³-hybridized carbons (Fsp3) is 0.714. The molecule has 0 bridgehead atoms. The van der Waals surface area contributed by atoms with Crippen molar-refractivity contribution in [3.8, 4) is 0 Å². The molecular weight excluding hydrogens is 354 g/mol. The van der Waals surface area contributed by atoms with Gasteiger partial charge in [-0.2, -0.15) is 0 Å². The number of aromatic nitrogens is 2. The SMILES string of the molecule is Cc1nc(N(C)C2CCCCC2)ncc1C(C)NC(=O)CCN1CCCC1=O. The maximum absolute atomic E-state index is 12.3. The Balaban J connectivity index is 1.55. The summed E-state index contributed by atoms with van der Waals surface area (Å²) in [6.07, 6.45) is 9.96. The molecule has 28 heavy (non-hydrogen) atoms. The molecule has 0 radical (unpaired) electrons. The average Bonchev–Trinajstić information content (AvgIpc) is 3.11. The number of aryl methyl sites for hydroxylation is 1. The molecule has 1 saturated heterocycles. The van der Waals surface area contributed by atoms with Crippen LogP contribution in [0.5, 0.6) is 0 Å². The smallest absolute Gasteiger partial charge is 0.225 e. The van der Waals surface area contributed by atoms with Crippen LogP contribution in [0, 0.1) is 6.92 Å². The van der Waals surface area contributed by atoms with Gasteiger partial charge in [0.2, 0.25) is 17.8 Å². The molecule has 0 spiro atoms. The Morgan fingerprint density at radius 1 is 1.32 bits per heavy atom. The molecule has 2 aliphatic rings. The van der Waals surface area contributed by atoms with E-state index in [0.717, 1.165) is 30.2 Å². The number of carbonyl (C=O) groups excluding carboxylic acids is 2. The molecule has 1 atom stereocenters. The number of anilines is 1. The highest BCUT2D eigenvalue weighted by Crippen LogP contribution is 2.25. The van der Waals surface area contributed by atoms with Crippen molar-refractivity contribution in [2.24, 2.45) is 0 Å². The topological polar surface area (TPSA) is 78.4 Å². The van der Waals surface area contributed by atoms with Crippen LogP contribution >= 0.6 is 0 Å². The predicted octanol–water partition coefficient (Wildman–Crippen LogP) is 2.74. The van der Waals surface area contributed by atoms with Crippen LogP contribution in [0.15, 0.2) is 6.20 Å². The van der Waals surface area contributed by atoms with E-state index in [9.17, 15) is 9.59 Å². The van der Waals surface area contributed by atoms with E-state index in [2.05, 4.69) is 22.2 Å². The lowest BCUT2D eigenvalue weighted by atomic mass is 9.95. The molecule has 1 aliphatic carbocycles. The fourth-order valence-electron chi connectivity index (χ4n) is 4.26. The predicted molar refractivity (Wildman–Crippen MR) is 109 cm³/mol. The van der Waals surface area contributed by atoms with Crippen LogP contribution in [0.1, 0.15) is 75.6 Å². The van der Waals surface area contributed by atoms with Gasteiger partial charge in [-0.3, -0.25) is 9.59 Å².